The summed E-state index contributed by atoms with van der Waals surface area (Å²) in [6, 6.07) is 1.74. The number of primary amides is 1. The normalized spacial score (nSPS) is 10.0. The smallest absolute Gasteiger partial charge is 0.252 e. The number of aryl methyl sites for hydroxylation is 1. The van der Waals surface area contributed by atoms with E-state index in [4.69, 9.17) is 10.5 Å². The van der Waals surface area contributed by atoms with Crippen molar-refractivity contribution >= 4 is 21.8 Å². The number of ether oxygens (including phenoxy) is 1. The van der Waals surface area contributed by atoms with E-state index in [9.17, 15) is 4.79 Å². The van der Waals surface area contributed by atoms with Gasteiger partial charge in [0.05, 0.1) is 17.1 Å². The van der Waals surface area contributed by atoms with Gasteiger partial charge in [-0.05, 0) is 47.0 Å². The van der Waals surface area contributed by atoms with Gasteiger partial charge in [-0.2, -0.15) is 0 Å². The first-order chi connectivity index (χ1) is 6.49. The zero-order valence-electron chi connectivity index (χ0n) is 8.35. The lowest BCUT2D eigenvalue weighted by Gasteiger charge is -2.12. The van der Waals surface area contributed by atoms with Gasteiger partial charge in [0.2, 0.25) is 0 Å². The third-order valence-corrected chi connectivity index (χ3v) is 3.15. The van der Waals surface area contributed by atoms with E-state index in [1.807, 2.05) is 13.8 Å². The van der Waals surface area contributed by atoms with Crippen molar-refractivity contribution in [1.82, 2.24) is 0 Å². The molecule has 0 atom stereocenters. The van der Waals surface area contributed by atoms with Crippen LogP contribution in [0.25, 0.3) is 0 Å². The molecule has 1 aromatic rings. The lowest BCUT2D eigenvalue weighted by molar-refractivity contribution is 0.0997. The monoisotopic (exact) mass is 257 g/mol. The van der Waals surface area contributed by atoms with Gasteiger partial charge in [0, 0.05) is 0 Å². The minimum absolute atomic E-state index is 0.405. The number of benzene rings is 1. The second-order valence-electron chi connectivity index (χ2n) is 3.08. The van der Waals surface area contributed by atoms with Gasteiger partial charge in [0.15, 0.2) is 0 Å². The molecule has 0 bridgehead atoms. The SMILES string of the molecule is COc1c(C(N)=O)cc(C)c(C)c1Br. The number of carbonyl (C=O) groups is 1. The van der Waals surface area contributed by atoms with Crippen molar-refractivity contribution in [3.63, 3.8) is 0 Å². The largest absolute Gasteiger partial charge is 0.495 e. The van der Waals surface area contributed by atoms with Crippen molar-refractivity contribution in [1.29, 1.82) is 0 Å². The van der Waals surface area contributed by atoms with Crippen LogP contribution >= 0.6 is 15.9 Å². The van der Waals surface area contributed by atoms with Crippen molar-refractivity contribution < 1.29 is 9.53 Å². The summed E-state index contributed by atoms with van der Waals surface area (Å²) in [4.78, 5) is 11.1. The van der Waals surface area contributed by atoms with Crippen LogP contribution < -0.4 is 10.5 Å². The highest BCUT2D eigenvalue weighted by Gasteiger charge is 2.15. The fraction of sp³-hybridized carbons (Fsp3) is 0.300. The van der Waals surface area contributed by atoms with Gasteiger partial charge in [-0.3, -0.25) is 4.79 Å². The van der Waals surface area contributed by atoms with Crippen molar-refractivity contribution in [2.24, 2.45) is 5.73 Å². The number of carbonyl (C=O) groups excluding carboxylic acids is 1. The molecule has 14 heavy (non-hydrogen) atoms. The number of methoxy groups -OCH3 is 1. The third-order valence-electron chi connectivity index (χ3n) is 2.20. The first kappa shape index (κ1) is 11.0. The van der Waals surface area contributed by atoms with Gasteiger partial charge in [-0.15, -0.1) is 0 Å². The molecule has 0 aliphatic heterocycles. The van der Waals surface area contributed by atoms with Crippen LogP contribution in [0.4, 0.5) is 0 Å². The Morgan fingerprint density at radius 1 is 1.50 bits per heavy atom. The molecular weight excluding hydrogens is 246 g/mol. The summed E-state index contributed by atoms with van der Waals surface area (Å²) in [5.41, 5.74) is 7.70. The van der Waals surface area contributed by atoms with E-state index in [-0.39, 0.29) is 0 Å². The summed E-state index contributed by atoms with van der Waals surface area (Å²) in [6.07, 6.45) is 0. The number of hydrogen-bond donors (Lipinski definition) is 1. The standard InChI is InChI=1S/C10H12BrNO2/c1-5-4-7(10(12)13)9(14-3)8(11)6(5)2/h4H,1-3H3,(H2,12,13). The van der Waals surface area contributed by atoms with Crippen LogP contribution in [-0.2, 0) is 0 Å². The predicted molar refractivity (Wildman–Crippen MR) is 58.7 cm³/mol. The van der Waals surface area contributed by atoms with Gasteiger partial charge in [-0.1, -0.05) is 0 Å². The molecule has 1 aromatic carbocycles. The molecule has 1 amide bonds. The van der Waals surface area contributed by atoms with Gasteiger partial charge in [0.1, 0.15) is 5.75 Å². The highest BCUT2D eigenvalue weighted by Crippen LogP contribution is 2.33. The van der Waals surface area contributed by atoms with Crippen LogP contribution in [0.2, 0.25) is 0 Å². The van der Waals surface area contributed by atoms with Crippen LogP contribution in [0.1, 0.15) is 21.5 Å². The first-order valence-electron chi connectivity index (χ1n) is 4.12. The molecule has 0 saturated heterocycles. The second kappa shape index (κ2) is 4.00. The lowest BCUT2D eigenvalue weighted by atomic mass is 10.0. The van der Waals surface area contributed by atoms with E-state index in [2.05, 4.69) is 15.9 Å². The van der Waals surface area contributed by atoms with Crippen molar-refractivity contribution in [2.45, 2.75) is 13.8 Å². The zero-order valence-corrected chi connectivity index (χ0v) is 9.94. The molecule has 0 radical (unpaired) electrons. The fourth-order valence-corrected chi connectivity index (χ4v) is 1.92. The molecule has 0 saturated carbocycles. The van der Waals surface area contributed by atoms with Gasteiger partial charge in [-0.25, -0.2) is 0 Å². The molecule has 4 heteroatoms. The molecule has 0 fully saturated rings. The zero-order chi connectivity index (χ0) is 10.9. The van der Waals surface area contributed by atoms with Crippen LogP contribution in [0.15, 0.2) is 10.5 Å². The topological polar surface area (TPSA) is 52.3 Å². The minimum atomic E-state index is -0.481. The molecule has 1 rings (SSSR count). The van der Waals surface area contributed by atoms with Gasteiger partial charge in [0.25, 0.3) is 5.91 Å². The molecule has 76 valence electrons. The van der Waals surface area contributed by atoms with Crippen molar-refractivity contribution in [3.05, 3.63) is 27.2 Å². The number of hydrogen-bond acceptors (Lipinski definition) is 2. The number of nitrogens with two attached hydrogens (primary N) is 1. The average molecular weight is 258 g/mol. The summed E-state index contributed by atoms with van der Waals surface area (Å²) in [5, 5.41) is 0. The minimum Gasteiger partial charge on any atom is -0.495 e. The van der Waals surface area contributed by atoms with Crippen LogP contribution in [0, 0.1) is 13.8 Å². The average Bonchev–Trinajstić information content (AvgIpc) is 2.13. The Morgan fingerprint density at radius 3 is 2.50 bits per heavy atom. The quantitative estimate of drug-likeness (QED) is 0.883. The Labute approximate surface area is 91.4 Å². The predicted octanol–water partition coefficient (Wildman–Crippen LogP) is 2.17. The van der Waals surface area contributed by atoms with E-state index in [1.54, 1.807) is 6.07 Å². The maximum absolute atomic E-state index is 11.1. The van der Waals surface area contributed by atoms with E-state index in [0.29, 0.717) is 11.3 Å². The van der Waals surface area contributed by atoms with Crippen LogP contribution in [0.3, 0.4) is 0 Å². The van der Waals surface area contributed by atoms with E-state index in [0.717, 1.165) is 15.6 Å². The summed E-state index contributed by atoms with van der Waals surface area (Å²) in [6.45, 7) is 3.87. The summed E-state index contributed by atoms with van der Waals surface area (Å²) < 4.78 is 5.91. The Bertz CT molecular complexity index is 388. The number of amides is 1. The highest BCUT2D eigenvalue weighted by atomic mass is 79.9. The molecule has 2 N–H and O–H groups in total. The van der Waals surface area contributed by atoms with Crippen LogP contribution in [0.5, 0.6) is 5.75 Å². The van der Waals surface area contributed by atoms with Crippen molar-refractivity contribution in [2.75, 3.05) is 7.11 Å². The molecule has 0 heterocycles. The molecule has 0 aliphatic rings. The third kappa shape index (κ3) is 1.75. The Hall–Kier alpha value is -1.03. The van der Waals surface area contributed by atoms with E-state index >= 15 is 0 Å². The summed E-state index contributed by atoms with van der Waals surface area (Å²) in [7, 11) is 1.52. The van der Waals surface area contributed by atoms with E-state index in [1.165, 1.54) is 7.11 Å². The second-order valence-corrected chi connectivity index (χ2v) is 3.87. The molecule has 0 aromatic heterocycles. The number of rotatable bonds is 2. The Kier molecular flexibility index (Phi) is 3.16. The highest BCUT2D eigenvalue weighted by molar-refractivity contribution is 9.10. The Morgan fingerprint density at radius 2 is 2.07 bits per heavy atom. The molecule has 0 spiro atoms. The molecule has 3 nitrogen and oxygen atoms in total. The first-order valence-corrected chi connectivity index (χ1v) is 4.91. The molecular formula is C10H12BrNO2. The molecule has 0 aliphatic carbocycles. The van der Waals surface area contributed by atoms with E-state index < -0.39 is 5.91 Å². The molecule has 0 unspecified atom stereocenters. The summed E-state index contributed by atoms with van der Waals surface area (Å²) >= 11 is 3.38. The van der Waals surface area contributed by atoms with Gasteiger partial charge >= 0.3 is 0 Å². The van der Waals surface area contributed by atoms with Crippen molar-refractivity contribution in [3.8, 4) is 5.75 Å². The Balaban J connectivity index is 3.51. The number of halogens is 1. The summed E-state index contributed by atoms with van der Waals surface area (Å²) in [5.74, 6) is 0.0197. The maximum atomic E-state index is 11.1. The van der Waals surface area contributed by atoms with Gasteiger partial charge < -0.3 is 10.5 Å². The van der Waals surface area contributed by atoms with Crippen LogP contribution in [-0.4, -0.2) is 13.0 Å². The fourth-order valence-electron chi connectivity index (χ4n) is 1.23. The lowest BCUT2D eigenvalue weighted by Crippen LogP contribution is -2.13. The maximum Gasteiger partial charge on any atom is 0.252 e.